The van der Waals surface area contributed by atoms with E-state index in [1.54, 1.807) is 29.5 Å². The van der Waals surface area contributed by atoms with Crippen molar-refractivity contribution in [3.63, 3.8) is 0 Å². The van der Waals surface area contributed by atoms with Gasteiger partial charge in [0.15, 0.2) is 5.78 Å². The molecule has 108 valence electrons. The number of hydrogen-bond donors (Lipinski definition) is 0. The summed E-state index contributed by atoms with van der Waals surface area (Å²) < 4.78 is 5.08. The molecule has 2 aromatic rings. The predicted molar refractivity (Wildman–Crippen MR) is 79.4 cm³/mol. The molecule has 4 nitrogen and oxygen atoms in total. The van der Waals surface area contributed by atoms with E-state index in [0.717, 1.165) is 5.56 Å². The molecule has 0 saturated carbocycles. The standard InChI is InChI=1S/C16H14O4S/c1-20-15-5-3-12(8-13(15)9-16(18)19)14(17)4-2-11-6-7-21-10-11/h2-8,10H,9H2,1H3,(H,18,19)/p-1/b4-2+. The highest BCUT2D eigenvalue weighted by atomic mass is 32.1. The predicted octanol–water partition coefficient (Wildman–Crippen LogP) is 1.95. The maximum atomic E-state index is 12.1. The fourth-order valence-electron chi connectivity index (χ4n) is 1.86. The molecule has 0 unspecified atom stereocenters. The van der Waals surface area contributed by atoms with Crippen molar-refractivity contribution in [1.82, 2.24) is 0 Å². The van der Waals surface area contributed by atoms with Gasteiger partial charge < -0.3 is 14.6 Å². The van der Waals surface area contributed by atoms with Crippen LogP contribution in [-0.4, -0.2) is 18.9 Å². The maximum Gasteiger partial charge on any atom is 0.185 e. The van der Waals surface area contributed by atoms with E-state index in [9.17, 15) is 14.7 Å². The van der Waals surface area contributed by atoms with E-state index >= 15 is 0 Å². The van der Waals surface area contributed by atoms with Crippen molar-refractivity contribution in [2.45, 2.75) is 6.42 Å². The first kappa shape index (κ1) is 15.0. The van der Waals surface area contributed by atoms with Gasteiger partial charge in [-0.25, -0.2) is 0 Å². The second kappa shape index (κ2) is 6.85. The Morgan fingerprint density at radius 1 is 1.33 bits per heavy atom. The summed E-state index contributed by atoms with van der Waals surface area (Å²) in [5.41, 5.74) is 1.79. The lowest BCUT2D eigenvalue weighted by Gasteiger charge is -2.10. The largest absolute Gasteiger partial charge is 0.550 e. The molecule has 0 N–H and O–H groups in total. The third-order valence-electron chi connectivity index (χ3n) is 2.87. The fraction of sp³-hybridized carbons (Fsp3) is 0.125. The number of carboxylic acids is 1. The monoisotopic (exact) mass is 301 g/mol. The van der Waals surface area contributed by atoms with Crippen LogP contribution in [0.25, 0.3) is 6.08 Å². The highest BCUT2D eigenvalue weighted by molar-refractivity contribution is 7.08. The Kier molecular flexibility index (Phi) is 4.90. The molecule has 0 atom stereocenters. The maximum absolute atomic E-state index is 12.1. The van der Waals surface area contributed by atoms with Gasteiger partial charge in [0.2, 0.25) is 0 Å². The Morgan fingerprint density at radius 2 is 2.14 bits per heavy atom. The summed E-state index contributed by atoms with van der Waals surface area (Å²) >= 11 is 1.55. The summed E-state index contributed by atoms with van der Waals surface area (Å²) in [5.74, 6) is -0.979. The van der Waals surface area contributed by atoms with Crippen molar-refractivity contribution in [2.24, 2.45) is 0 Å². The first-order valence-electron chi connectivity index (χ1n) is 6.21. The average molecular weight is 301 g/mol. The molecular weight excluding hydrogens is 288 g/mol. The number of benzene rings is 1. The molecule has 0 aliphatic heterocycles. The highest BCUT2D eigenvalue weighted by Crippen LogP contribution is 2.21. The van der Waals surface area contributed by atoms with Gasteiger partial charge in [0.1, 0.15) is 5.75 Å². The molecule has 0 fully saturated rings. The number of ketones is 1. The van der Waals surface area contributed by atoms with Gasteiger partial charge in [-0.05, 0) is 46.7 Å². The lowest BCUT2D eigenvalue weighted by molar-refractivity contribution is -0.304. The summed E-state index contributed by atoms with van der Waals surface area (Å²) in [5, 5.41) is 14.6. The van der Waals surface area contributed by atoms with Crippen molar-refractivity contribution in [2.75, 3.05) is 7.11 Å². The van der Waals surface area contributed by atoms with E-state index in [-0.39, 0.29) is 12.2 Å². The van der Waals surface area contributed by atoms with Gasteiger partial charge in [0.25, 0.3) is 0 Å². The van der Waals surface area contributed by atoms with E-state index in [0.29, 0.717) is 16.9 Å². The van der Waals surface area contributed by atoms with Crippen molar-refractivity contribution >= 4 is 29.2 Å². The van der Waals surface area contributed by atoms with Crippen LogP contribution in [0.1, 0.15) is 21.5 Å². The van der Waals surface area contributed by atoms with Crippen LogP contribution in [0.2, 0.25) is 0 Å². The van der Waals surface area contributed by atoms with Crippen LogP contribution in [0.3, 0.4) is 0 Å². The molecule has 0 radical (unpaired) electrons. The number of carbonyl (C=O) groups is 2. The summed E-state index contributed by atoms with van der Waals surface area (Å²) in [6.45, 7) is 0. The van der Waals surface area contributed by atoms with Gasteiger partial charge in [0.05, 0.1) is 7.11 Å². The van der Waals surface area contributed by atoms with Gasteiger partial charge in [-0.3, -0.25) is 4.79 Å². The van der Waals surface area contributed by atoms with Crippen molar-refractivity contribution in [1.29, 1.82) is 0 Å². The van der Waals surface area contributed by atoms with Crippen LogP contribution in [0.15, 0.2) is 41.1 Å². The molecule has 5 heteroatoms. The first-order chi connectivity index (χ1) is 10.1. The van der Waals surface area contributed by atoms with E-state index in [4.69, 9.17) is 4.74 Å². The summed E-state index contributed by atoms with van der Waals surface area (Å²) in [6.07, 6.45) is 2.90. The lowest BCUT2D eigenvalue weighted by atomic mass is 10.0. The molecule has 21 heavy (non-hydrogen) atoms. The molecule has 0 aliphatic carbocycles. The molecule has 0 saturated heterocycles. The molecule has 1 heterocycles. The van der Waals surface area contributed by atoms with Gasteiger partial charge in [-0.1, -0.05) is 6.08 Å². The molecule has 2 rings (SSSR count). The van der Waals surface area contributed by atoms with Crippen LogP contribution < -0.4 is 9.84 Å². The molecular formula is C16H13O4S-. The molecule has 1 aromatic heterocycles. The van der Waals surface area contributed by atoms with Crippen LogP contribution in [0.5, 0.6) is 5.75 Å². The summed E-state index contributed by atoms with van der Waals surface area (Å²) in [7, 11) is 1.45. The Hall–Kier alpha value is -2.40. The third kappa shape index (κ3) is 4.03. The van der Waals surface area contributed by atoms with Crippen molar-refractivity contribution in [3.8, 4) is 5.75 Å². The Bertz CT molecular complexity index is 672. The zero-order chi connectivity index (χ0) is 15.2. The van der Waals surface area contributed by atoms with Crippen LogP contribution in [0, 0.1) is 0 Å². The molecule has 1 aromatic carbocycles. The number of methoxy groups -OCH3 is 1. The number of thiophene rings is 1. The Balaban J connectivity index is 2.23. The number of allylic oxidation sites excluding steroid dienone is 1. The number of carbonyl (C=O) groups excluding carboxylic acids is 2. The van der Waals surface area contributed by atoms with Crippen LogP contribution >= 0.6 is 11.3 Å². The van der Waals surface area contributed by atoms with Gasteiger partial charge >= 0.3 is 0 Å². The van der Waals surface area contributed by atoms with E-state index in [1.807, 2.05) is 16.8 Å². The molecule has 0 aliphatic rings. The minimum atomic E-state index is -1.22. The lowest BCUT2D eigenvalue weighted by Crippen LogP contribution is -2.24. The minimum Gasteiger partial charge on any atom is -0.550 e. The third-order valence-corrected chi connectivity index (χ3v) is 3.57. The van der Waals surface area contributed by atoms with Gasteiger partial charge in [-0.15, -0.1) is 0 Å². The zero-order valence-electron chi connectivity index (χ0n) is 11.4. The second-order valence-electron chi connectivity index (χ2n) is 4.33. The number of carboxylic acid groups (broad SMARTS) is 1. The average Bonchev–Trinajstić information content (AvgIpc) is 2.97. The van der Waals surface area contributed by atoms with Crippen LogP contribution in [-0.2, 0) is 11.2 Å². The topological polar surface area (TPSA) is 66.4 Å². The number of ether oxygens (including phenoxy) is 1. The minimum absolute atomic E-state index is 0.191. The van der Waals surface area contributed by atoms with E-state index in [1.165, 1.54) is 19.3 Å². The molecule has 0 amide bonds. The number of aliphatic carboxylic acids is 1. The quantitative estimate of drug-likeness (QED) is 0.604. The zero-order valence-corrected chi connectivity index (χ0v) is 12.2. The Morgan fingerprint density at radius 3 is 2.76 bits per heavy atom. The SMILES string of the molecule is COc1ccc(C(=O)/C=C/c2ccsc2)cc1CC(=O)[O-]. The number of rotatable bonds is 6. The smallest absolute Gasteiger partial charge is 0.185 e. The number of hydrogen-bond acceptors (Lipinski definition) is 5. The normalized spacial score (nSPS) is 10.7. The summed E-state index contributed by atoms with van der Waals surface area (Å²) in [4.78, 5) is 22.8. The summed E-state index contributed by atoms with van der Waals surface area (Å²) in [6, 6.07) is 6.63. The van der Waals surface area contributed by atoms with Gasteiger partial charge in [-0.2, -0.15) is 11.3 Å². The van der Waals surface area contributed by atoms with E-state index < -0.39 is 5.97 Å². The second-order valence-corrected chi connectivity index (χ2v) is 5.11. The van der Waals surface area contributed by atoms with Crippen LogP contribution in [0.4, 0.5) is 0 Å². The molecule has 0 bridgehead atoms. The van der Waals surface area contributed by atoms with Gasteiger partial charge in [0, 0.05) is 23.5 Å². The van der Waals surface area contributed by atoms with Crippen molar-refractivity contribution in [3.05, 3.63) is 57.8 Å². The Labute approximate surface area is 126 Å². The highest BCUT2D eigenvalue weighted by Gasteiger charge is 2.08. The fourth-order valence-corrected chi connectivity index (χ4v) is 2.49. The molecule has 0 spiro atoms. The first-order valence-corrected chi connectivity index (χ1v) is 7.16. The van der Waals surface area contributed by atoms with E-state index in [2.05, 4.69) is 0 Å². The van der Waals surface area contributed by atoms with Crippen molar-refractivity contribution < 1.29 is 19.4 Å².